The van der Waals surface area contributed by atoms with E-state index in [2.05, 4.69) is 11.4 Å². The Balaban J connectivity index is 2.19. The lowest BCUT2D eigenvalue weighted by Crippen LogP contribution is -2.50. The standard InChI is InChI=1S/C14H19NO3/c1-14(2,13(16)17-3)15-12-9-18-8-10-6-4-5-7-11(10)12/h4-7,12,15H,8-9H2,1-3H3. The van der Waals surface area contributed by atoms with Crippen LogP contribution in [-0.2, 0) is 20.9 Å². The fourth-order valence-corrected chi connectivity index (χ4v) is 2.25. The third-order valence-electron chi connectivity index (χ3n) is 3.20. The molecule has 0 saturated heterocycles. The van der Waals surface area contributed by atoms with E-state index in [4.69, 9.17) is 9.47 Å². The third kappa shape index (κ3) is 2.54. The highest BCUT2D eigenvalue weighted by atomic mass is 16.5. The lowest BCUT2D eigenvalue weighted by molar-refractivity contribution is -0.147. The van der Waals surface area contributed by atoms with Crippen molar-refractivity contribution < 1.29 is 14.3 Å². The first-order valence-electron chi connectivity index (χ1n) is 6.06. The predicted molar refractivity (Wildman–Crippen MR) is 68.1 cm³/mol. The highest BCUT2D eigenvalue weighted by molar-refractivity contribution is 5.79. The minimum Gasteiger partial charge on any atom is -0.468 e. The van der Waals surface area contributed by atoms with Gasteiger partial charge in [0.05, 0.1) is 26.4 Å². The van der Waals surface area contributed by atoms with Gasteiger partial charge in [0.15, 0.2) is 0 Å². The quantitative estimate of drug-likeness (QED) is 0.830. The van der Waals surface area contributed by atoms with Crippen LogP contribution in [0.4, 0.5) is 0 Å². The zero-order valence-corrected chi connectivity index (χ0v) is 11.0. The lowest BCUT2D eigenvalue weighted by atomic mass is 9.95. The molecule has 1 aliphatic rings. The van der Waals surface area contributed by atoms with Crippen molar-refractivity contribution >= 4 is 5.97 Å². The van der Waals surface area contributed by atoms with Gasteiger partial charge in [0.25, 0.3) is 0 Å². The molecule has 1 atom stereocenters. The van der Waals surface area contributed by atoms with Crippen molar-refractivity contribution in [1.82, 2.24) is 5.32 Å². The fraction of sp³-hybridized carbons (Fsp3) is 0.500. The Morgan fingerprint density at radius 2 is 2.17 bits per heavy atom. The number of hydrogen-bond acceptors (Lipinski definition) is 4. The summed E-state index contributed by atoms with van der Waals surface area (Å²) in [7, 11) is 1.40. The first-order chi connectivity index (χ1) is 8.54. The summed E-state index contributed by atoms with van der Waals surface area (Å²) in [6.07, 6.45) is 0. The molecule has 0 fully saturated rings. The molecule has 1 aromatic rings. The van der Waals surface area contributed by atoms with Gasteiger partial charge in [-0.15, -0.1) is 0 Å². The highest BCUT2D eigenvalue weighted by Crippen LogP contribution is 2.26. The monoisotopic (exact) mass is 249 g/mol. The number of methoxy groups -OCH3 is 1. The Morgan fingerprint density at radius 3 is 2.89 bits per heavy atom. The maximum Gasteiger partial charge on any atom is 0.325 e. The zero-order chi connectivity index (χ0) is 13.2. The minimum absolute atomic E-state index is 0.0176. The molecule has 4 heteroatoms. The van der Waals surface area contributed by atoms with Crippen LogP contribution in [0.5, 0.6) is 0 Å². The number of carbonyl (C=O) groups is 1. The van der Waals surface area contributed by atoms with E-state index in [-0.39, 0.29) is 12.0 Å². The topological polar surface area (TPSA) is 47.6 Å². The molecule has 1 unspecified atom stereocenters. The van der Waals surface area contributed by atoms with Crippen molar-refractivity contribution in [3.8, 4) is 0 Å². The molecule has 0 bridgehead atoms. The van der Waals surface area contributed by atoms with Crippen LogP contribution in [-0.4, -0.2) is 25.2 Å². The van der Waals surface area contributed by atoms with E-state index in [9.17, 15) is 4.79 Å². The first kappa shape index (κ1) is 13.1. The molecule has 0 aliphatic carbocycles. The van der Waals surface area contributed by atoms with Crippen molar-refractivity contribution in [3.05, 3.63) is 35.4 Å². The second-order valence-electron chi connectivity index (χ2n) is 5.03. The Bertz CT molecular complexity index is 442. The van der Waals surface area contributed by atoms with E-state index in [0.29, 0.717) is 13.2 Å². The second-order valence-corrected chi connectivity index (χ2v) is 5.03. The Hall–Kier alpha value is -1.39. The number of fused-ring (bicyclic) bond motifs is 1. The molecule has 1 heterocycles. The fourth-order valence-electron chi connectivity index (χ4n) is 2.25. The number of carbonyl (C=O) groups excluding carboxylic acids is 1. The smallest absolute Gasteiger partial charge is 0.325 e. The van der Waals surface area contributed by atoms with Gasteiger partial charge in [-0.25, -0.2) is 0 Å². The summed E-state index contributed by atoms with van der Waals surface area (Å²) in [5, 5.41) is 3.30. The van der Waals surface area contributed by atoms with Crippen LogP contribution in [0, 0.1) is 0 Å². The van der Waals surface area contributed by atoms with E-state index in [1.54, 1.807) is 0 Å². The average Bonchev–Trinajstić information content (AvgIpc) is 2.38. The van der Waals surface area contributed by atoms with Crippen molar-refractivity contribution in [1.29, 1.82) is 0 Å². The summed E-state index contributed by atoms with van der Waals surface area (Å²) in [6, 6.07) is 8.14. The molecule has 1 aromatic carbocycles. The number of esters is 1. The van der Waals surface area contributed by atoms with Crippen LogP contribution >= 0.6 is 0 Å². The summed E-state index contributed by atoms with van der Waals surface area (Å²) in [5.74, 6) is -0.273. The molecule has 98 valence electrons. The van der Waals surface area contributed by atoms with Gasteiger partial charge in [0.2, 0.25) is 0 Å². The normalized spacial score (nSPS) is 19.2. The maximum atomic E-state index is 11.7. The third-order valence-corrected chi connectivity index (χ3v) is 3.20. The molecular weight excluding hydrogens is 230 g/mol. The van der Waals surface area contributed by atoms with Crippen LogP contribution in [0.3, 0.4) is 0 Å². The van der Waals surface area contributed by atoms with Gasteiger partial charge in [0.1, 0.15) is 5.54 Å². The van der Waals surface area contributed by atoms with Crippen LogP contribution in [0.25, 0.3) is 0 Å². The van der Waals surface area contributed by atoms with Crippen LogP contribution in [0.15, 0.2) is 24.3 Å². The largest absolute Gasteiger partial charge is 0.468 e. The Morgan fingerprint density at radius 1 is 1.44 bits per heavy atom. The van der Waals surface area contributed by atoms with Crippen LogP contribution in [0.1, 0.15) is 31.0 Å². The van der Waals surface area contributed by atoms with E-state index in [0.717, 1.165) is 0 Å². The number of benzene rings is 1. The van der Waals surface area contributed by atoms with Gasteiger partial charge in [-0.2, -0.15) is 0 Å². The molecule has 18 heavy (non-hydrogen) atoms. The summed E-state index contributed by atoms with van der Waals surface area (Å²) < 4.78 is 10.4. The second kappa shape index (κ2) is 5.08. The van der Waals surface area contributed by atoms with Gasteiger partial charge in [-0.1, -0.05) is 24.3 Å². The van der Waals surface area contributed by atoms with E-state index < -0.39 is 5.54 Å². The molecule has 1 N–H and O–H groups in total. The molecule has 0 radical (unpaired) electrons. The number of ether oxygens (including phenoxy) is 2. The SMILES string of the molecule is COC(=O)C(C)(C)NC1COCc2ccccc21. The highest BCUT2D eigenvalue weighted by Gasteiger charge is 2.33. The van der Waals surface area contributed by atoms with E-state index in [1.165, 1.54) is 18.2 Å². The van der Waals surface area contributed by atoms with E-state index in [1.807, 2.05) is 32.0 Å². The van der Waals surface area contributed by atoms with Crippen LogP contribution < -0.4 is 5.32 Å². The summed E-state index contributed by atoms with van der Waals surface area (Å²) in [5.41, 5.74) is 1.63. The maximum absolute atomic E-state index is 11.7. The van der Waals surface area contributed by atoms with Gasteiger partial charge < -0.3 is 9.47 Å². The molecular formula is C14H19NO3. The number of hydrogen-bond donors (Lipinski definition) is 1. The first-order valence-corrected chi connectivity index (χ1v) is 6.06. The number of nitrogens with one attached hydrogen (secondary N) is 1. The van der Waals surface area contributed by atoms with Crippen molar-refractivity contribution in [2.24, 2.45) is 0 Å². The summed E-state index contributed by atoms with van der Waals surface area (Å²) in [6.45, 7) is 4.83. The Labute approximate surface area is 107 Å². The number of rotatable bonds is 3. The van der Waals surface area contributed by atoms with Gasteiger partial charge in [0, 0.05) is 0 Å². The minimum atomic E-state index is -0.729. The van der Waals surface area contributed by atoms with Crippen LogP contribution in [0.2, 0.25) is 0 Å². The van der Waals surface area contributed by atoms with Crippen molar-refractivity contribution in [2.75, 3.05) is 13.7 Å². The summed E-state index contributed by atoms with van der Waals surface area (Å²) in [4.78, 5) is 11.7. The molecule has 0 saturated carbocycles. The predicted octanol–water partition coefficient (Wildman–Crippen LogP) is 1.80. The molecule has 1 aliphatic heterocycles. The van der Waals surface area contributed by atoms with E-state index >= 15 is 0 Å². The molecule has 0 aromatic heterocycles. The zero-order valence-electron chi connectivity index (χ0n) is 11.0. The van der Waals surface area contributed by atoms with Crippen molar-refractivity contribution in [3.63, 3.8) is 0 Å². The molecule has 2 rings (SSSR count). The molecule has 0 amide bonds. The van der Waals surface area contributed by atoms with Crippen molar-refractivity contribution in [2.45, 2.75) is 32.0 Å². The molecule has 0 spiro atoms. The van der Waals surface area contributed by atoms with Gasteiger partial charge >= 0.3 is 5.97 Å². The average molecular weight is 249 g/mol. The Kier molecular flexibility index (Phi) is 3.68. The summed E-state index contributed by atoms with van der Waals surface area (Å²) >= 11 is 0. The molecule has 4 nitrogen and oxygen atoms in total. The van der Waals surface area contributed by atoms with Gasteiger partial charge in [-0.3, -0.25) is 10.1 Å². The lowest BCUT2D eigenvalue weighted by Gasteiger charge is -2.33. The van der Waals surface area contributed by atoms with Gasteiger partial charge in [-0.05, 0) is 25.0 Å².